The second kappa shape index (κ2) is 16.8. The number of unbranched alkanes of at least 4 members (excludes halogenated alkanes) is 4. The Morgan fingerprint density at radius 3 is 1.30 bits per heavy atom. The van der Waals surface area contributed by atoms with Gasteiger partial charge in [0, 0.05) is 11.5 Å². The molecule has 0 atom stereocenters. The molecule has 0 aromatic rings. The van der Waals surface area contributed by atoms with Crippen molar-refractivity contribution >= 4 is 41.2 Å². The molecule has 0 aliphatic rings. The molecule has 0 saturated carbocycles. The lowest BCUT2D eigenvalue weighted by Gasteiger charge is -2.04. The first kappa shape index (κ1) is 21.4. The zero-order valence-electron chi connectivity index (χ0n) is 13.9. The Labute approximate surface area is 143 Å². The van der Waals surface area contributed by atoms with Crippen molar-refractivity contribution in [1.29, 1.82) is 0 Å². The summed E-state index contributed by atoms with van der Waals surface area (Å²) in [5.74, 6) is 4.41. The summed E-state index contributed by atoms with van der Waals surface area (Å²) < 4.78 is 0. The third-order valence-corrected chi connectivity index (χ3v) is 9.78. The van der Waals surface area contributed by atoms with Crippen LogP contribution in [0.1, 0.15) is 79.1 Å². The molecule has 0 saturated heterocycles. The predicted molar refractivity (Wildman–Crippen MR) is 107 cm³/mol. The van der Waals surface area contributed by atoms with Crippen LogP contribution >= 0.6 is 41.2 Å². The Bertz CT molecular complexity index is 163. The normalized spacial score (nSPS) is 11.7. The highest BCUT2D eigenvalue weighted by molar-refractivity contribution is 9.26. The van der Waals surface area contributed by atoms with Gasteiger partial charge in [-0.2, -0.15) is 0 Å². The molecule has 0 N–H and O–H groups in total. The van der Waals surface area contributed by atoms with E-state index in [9.17, 15) is 0 Å². The molecule has 0 aromatic heterocycles. The summed E-state index contributed by atoms with van der Waals surface area (Å²) >= 11 is 0. The van der Waals surface area contributed by atoms with Crippen LogP contribution in [0.15, 0.2) is 0 Å². The van der Waals surface area contributed by atoms with Gasteiger partial charge in [-0.3, -0.25) is 0 Å². The van der Waals surface area contributed by atoms with E-state index in [4.69, 9.17) is 0 Å². The third kappa shape index (κ3) is 19.4. The minimum Gasteiger partial charge on any atom is -0.0817 e. The van der Waals surface area contributed by atoms with Gasteiger partial charge in [0.15, 0.2) is 0 Å². The molecule has 0 heterocycles. The van der Waals surface area contributed by atoms with E-state index in [0.29, 0.717) is 0 Å². The fourth-order valence-electron chi connectivity index (χ4n) is 1.89. The maximum atomic E-state index is 2.32. The molecule has 20 heavy (non-hydrogen) atoms. The molecule has 0 unspecified atom stereocenters. The standard InChI is InChI=1S/C16H34S4/c1-15(2)11-7-5-9-13-17-19-20-18-14-10-6-8-12-16(3)4/h15-16H,5-14H2,1-4H3. The zero-order chi connectivity index (χ0) is 15.1. The molecule has 122 valence electrons. The fourth-order valence-corrected chi connectivity index (χ4v) is 8.15. The van der Waals surface area contributed by atoms with Gasteiger partial charge in [0.05, 0.1) is 0 Å². The Morgan fingerprint density at radius 1 is 0.550 bits per heavy atom. The highest BCUT2D eigenvalue weighted by Crippen LogP contribution is 2.43. The molecular formula is C16H34S4. The third-order valence-electron chi connectivity index (χ3n) is 3.14. The molecule has 0 fully saturated rings. The Morgan fingerprint density at radius 2 is 0.950 bits per heavy atom. The van der Waals surface area contributed by atoms with Crippen LogP contribution in [0.2, 0.25) is 0 Å². The van der Waals surface area contributed by atoms with Crippen molar-refractivity contribution in [2.45, 2.75) is 79.1 Å². The van der Waals surface area contributed by atoms with Gasteiger partial charge in [-0.25, -0.2) is 0 Å². The van der Waals surface area contributed by atoms with Crippen LogP contribution in [0.5, 0.6) is 0 Å². The van der Waals surface area contributed by atoms with Crippen molar-refractivity contribution in [2.24, 2.45) is 11.8 Å². The van der Waals surface area contributed by atoms with Crippen LogP contribution in [-0.2, 0) is 0 Å². The van der Waals surface area contributed by atoms with E-state index >= 15 is 0 Å². The van der Waals surface area contributed by atoms with Crippen molar-refractivity contribution in [3.63, 3.8) is 0 Å². The van der Waals surface area contributed by atoms with Crippen LogP contribution in [0.25, 0.3) is 0 Å². The Balaban J connectivity index is 2.96. The molecular weight excluding hydrogens is 320 g/mol. The molecule has 0 aliphatic carbocycles. The maximum Gasteiger partial charge on any atom is 0.00454 e. The lowest BCUT2D eigenvalue weighted by atomic mass is 10.1. The largest absolute Gasteiger partial charge is 0.0817 e. The number of hydrogen-bond donors (Lipinski definition) is 0. The molecule has 0 nitrogen and oxygen atoms in total. The first-order valence-corrected chi connectivity index (χ1v) is 13.4. The topological polar surface area (TPSA) is 0 Å². The SMILES string of the molecule is CC(C)CCCCCSSSSCCCCCC(C)C. The van der Waals surface area contributed by atoms with Gasteiger partial charge in [-0.15, -0.1) is 0 Å². The molecule has 0 amide bonds. The van der Waals surface area contributed by atoms with Crippen molar-refractivity contribution in [1.82, 2.24) is 0 Å². The van der Waals surface area contributed by atoms with Gasteiger partial charge >= 0.3 is 0 Å². The van der Waals surface area contributed by atoms with Gasteiger partial charge < -0.3 is 0 Å². The summed E-state index contributed by atoms with van der Waals surface area (Å²) in [5.41, 5.74) is 0. The summed E-state index contributed by atoms with van der Waals surface area (Å²) in [5, 5.41) is 0. The first-order valence-electron chi connectivity index (χ1n) is 8.20. The molecule has 0 spiro atoms. The molecule has 0 radical (unpaired) electrons. The lowest BCUT2D eigenvalue weighted by molar-refractivity contribution is 0.535. The maximum absolute atomic E-state index is 2.32. The van der Waals surface area contributed by atoms with E-state index in [1.54, 1.807) is 0 Å². The number of rotatable bonds is 15. The average molecular weight is 355 g/mol. The zero-order valence-corrected chi connectivity index (χ0v) is 17.1. The van der Waals surface area contributed by atoms with Gasteiger partial charge in [0.1, 0.15) is 0 Å². The molecule has 0 aromatic carbocycles. The van der Waals surface area contributed by atoms with Crippen molar-refractivity contribution < 1.29 is 0 Å². The Hall–Kier alpha value is 1.40. The van der Waals surface area contributed by atoms with Crippen molar-refractivity contribution in [2.75, 3.05) is 11.5 Å². The smallest absolute Gasteiger partial charge is 0.00454 e. The molecule has 4 heteroatoms. The second-order valence-corrected chi connectivity index (χ2v) is 12.5. The second-order valence-electron chi connectivity index (χ2n) is 6.27. The summed E-state index contributed by atoms with van der Waals surface area (Å²) in [6.45, 7) is 9.28. The molecule has 0 bridgehead atoms. The summed E-state index contributed by atoms with van der Waals surface area (Å²) in [7, 11) is 8.05. The fraction of sp³-hybridized carbons (Fsp3) is 1.00. The summed E-state index contributed by atoms with van der Waals surface area (Å²) in [6, 6.07) is 0. The van der Waals surface area contributed by atoms with Gasteiger partial charge in [-0.05, 0) is 44.3 Å². The van der Waals surface area contributed by atoms with Gasteiger partial charge in [-0.1, -0.05) is 87.8 Å². The van der Waals surface area contributed by atoms with Gasteiger partial charge in [0.2, 0.25) is 0 Å². The van der Waals surface area contributed by atoms with Crippen LogP contribution < -0.4 is 0 Å². The predicted octanol–water partition coefficient (Wildman–Crippen LogP) is 8.10. The van der Waals surface area contributed by atoms with E-state index in [1.165, 1.54) is 62.9 Å². The van der Waals surface area contributed by atoms with Crippen LogP contribution in [0, 0.1) is 11.8 Å². The molecule has 0 rings (SSSR count). The monoisotopic (exact) mass is 354 g/mol. The average Bonchev–Trinajstić information content (AvgIpc) is 2.38. The van der Waals surface area contributed by atoms with Crippen LogP contribution in [0.3, 0.4) is 0 Å². The minimum atomic E-state index is 0.879. The minimum absolute atomic E-state index is 0.879. The van der Waals surface area contributed by atoms with E-state index in [2.05, 4.69) is 27.7 Å². The lowest BCUT2D eigenvalue weighted by Crippen LogP contribution is -1.87. The first-order chi connectivity index (χ1) is 9.63. The summed E-state index contributed by atoms with van der Waals surface area (Å²) in [6.07, 6.45) is 11.3. The van der Waals surface area contributed by atoms with E-state index in [1.807, 2.05) is 41.2 Å². The van der Waals surface area contributed by atoms with Crippen molar-refractivity contribution in [3.8, 4) is 0 Å². The summed E-state index contributed by atoms with van der Waals surface area (Å²) in [4.78, 5) is 0. The van der Waals surface area contributed by atoms with Crippen LogP contribution in [0.4, 0.5) is 0 Å². The van der Waals surface area contributed by atoms with Crippen molar-refractivity contribution in [3.05, 3.63) is 0 Å². The van der Waals surface area contributed by atoms with Gasteiger partial charge in [0.25, 0.3) is 0 Å². The number of hydrogen-bond acceptors (Lipinski definition) is 4. The highest BCUT2D eigenvalue weighted by Gasteiger charge is 1.97. The van der Waals surface area contributed by atoms with E-state index in [0.717, 1.165) is 11.8 Å². The van der Waals surface area contributed by atoms with E-state index < -0.39 is 0 Å². The highest BCUT2D eigenvalue weighted by atomic mass is 33.7. The van der Waals surface area contributed by atoms with E-state index in [-0.39, 0.29) is 0 Å². The Kier molecular flexibility index (Phi) is 17.9. The van der Waals surface area contributed by atoms with Crippen LogP contribution in [-0.4, -0.2) is 11.5 Å². The molecule has 0 aliphatic heterocycles. The quantitative estimate of drug-likeness (QED) is 0.215.